The van der Waals surface area contributed by atoms with Crippen LogP contribution >= 0.6 is 23.7 Å². The van der Waals surface area contributed by atoms with Crippen molar-refractivity contribution in [2.45, 2.75) is 26.7 Å². The fourth-order valence-electron chi connectivity index (χ4n) is 4.05. The van der Waals surface area contributed by atoms with Crippen molar-refractivity contribution in [2.75, 3.05) is 49.5 Å². The van der Waals surface area contributed by atoms with E-state index >= 15 is 0 Å². The minimum Gasteiger partial charge on any atom is -0.368 e. The van der Waals surface area contributed by atoms with Crippen molar-refractivity contribution in [1.82, 2.24) is 10.2 Å². The summed E-state index contributed by atoms with van der Waals surface area (Å²) in [5.41, 5.74) is 4.73. The van der Waals surface area contributed by atoms with Crippen LogP contribution in [-0.2, 0) is 0 Å². The Hall–Kier alpha value is -2.28. The zero-order valence-electron chi connectivity index (χ0n) is 18.9. The average Bonchev–Trinajstić information content (AvgIpc) is 3.18. The van der Waals surface area contributed by atoms with Gasteiger partial charge in [-0.1, -0.05) is 29.8 Å². The Morgan fingerprint density at radius 3 is 2.44 bits per heavy atom. The number of piperazine rings is 1. The van der Waals surface area contributed by atoms with E-state index in [9.17, 15) is 4.79 Å². The summed E-state index contributed by atoms with van der Waals surface area (Å²) in [6, 6.07) is 14.5. The second-order valence-corrected chi connectivity index (χ2v) is 9.31. The third-order valence-electron chi connectivity index (χ3n) is 5.92. The number of nitrogens with zero attached hydrogens (tertiary/aromatic N) is 2. The molecule has 7 heteroatoms. The number of carbonyl (C=O) groups excluding carboxylic acids is 1. The maximum Gasteiger partial charge on any atom is 0.319 e. The number of hydrogen-bond acceptors (Lipinski definition) is 4. The normalized spacial score (nSPS) is 14.2. The van der Waals surface area contributed by atoms with Crippen LogP contribution in [-0.4, -0.2) is 50.2 Å². The van der Waals surface area contributed by atoms with Gasteiger partial charge in [-0.2, -0.15) is 0 Å². The highest BCUT2D eigenvalue weighted by Gasteiger charge is 2.19. The van der Waals surface area contributed by atoms with Crippen LogP contribution in [0, 0.1) is 13.8 Å². The number of anilines is 2. The first-order valence-corrected chi connectivity index (χ1v) is 12.0. The summed E-state index contributed by atoms with van der Waals surface area (Å²) >= 11 is 1.85. The molecule has 0 saturated carbocycles. The van der Waals surface area contributed by atoms with Gasteiger partial charge in [-0.15, -0.1) is 23.7 Å². The molecule has 2 amide bonds. The smallest absolute Gasteiger partial charge is 0.319 e. The zero-order chi connectivity index (χ0) is 21.6. The monoisotopic (exact) mass is 472 g/mol. The fourth-order valence-corrected chi connectivity index (χ4v) is 5.12. The molecule has 1 saturated heterocycles. The Kier molecular flexibility index (Phi) is 8.79. The van der Waals surface area contributed by atoms with Crippen LogP contribution in [0.25, 0.3) is 10.1 Å². The Bertz CT molecular complexity index is 1010. The molecule has 1 fully saturated rings. The Labute approximate surface area is 201 Å². The number of aryl methyl sites for hydroxylation is 2. The molecule has 0 aliphatic carbocycles. The Morgan fingerprint density at radius 1 is 0.969 bits per heavy atom. The minimum absolute atomic E-state index is 0. The predicted octanol–water partition coefficient (Wildman–Crippen LogP) is 5.66. The Morgan fingerprint density at radius 2 is 1.69 bits per heavy atom. The van der Waals surface area contributed by atoms with Gasteiger partial charge in [0, 0.05) is 53.9 Å². The van der Waals surface area contributed by atoms with E-state index in [4.69, 9.17) is 0 Å². The number of carbonyl (C=O) groups is 1. The van der Waals surface area contributed by atoms with Crippen molar-refractivity contribution in [3.63, 3.8) is 0 Å². The van der Waals surface area contributed by atoms with Gasteiger partial charge in [0.2, 0.25) is 0 Å². The van der Waals surface area contributed by atoms with E-state index in [0.29, 0.717) is 6.54 Å². The summed E-state index contributed by atoms with van der Waals surface area (Å²) in [4.78, 5) is 17.1. The van der Waals surface area contributed by atoms with Crippen LogP contribution in [0.5, 0.6) is 0 Å². The summed E-state index contributed by atoms with van der Waals surface area (Å²) < 4.78 is 1.39. The van der Waals surface area contributed by atoms with Gasteiger partial charge in [-0.3, -0.25) is 4.90 Å². The van der Waals surface area contributed by atoms with E-state index in [0.717, 1.165) is 51.3 Å². The van der Waals surface area contributed by atoms with Crippen LogP contribution in [0.15, 0.2) is 47.8 Å². The second kappa shape index (κ2) is 11.5. The van der Waals surface area contributed by atoms with Crippen molar-refractivity contribution < 1.29 is 4.79 Å². The number of urea groups is 1. The molecule has 0 atom stereocenters. The molecule has 32 heavy (non-hydrogen) atoms. The SMILES string of the molecule is Cc1ccc(NC(=O)NCCCCN2CCN(c3csc4cc(C)ccc34)CC2)cc1.Cl. The number of benzene rings is 2. The van der Waals surface area contributed by atoms with Crippen molar-refractivity contribution >= 4 is 51.2 Å². The molecular weight excluding hydrogens is 440 g/mol. The van der Waals surface area contributed by atoms with E-state index in [1.807, 2.05) is 42.5 Å². The van der Waals surface area contributed by atoms with Crippen LogP contribution in [0.2, 0.25) is 0 Å². The van der Waals surface area contributed by atoms with Gasteiger partial charge in [0.1, 0.15) is 0 Å². The minimum atomic E-state index is -0.129. The standard InChI is InChI=1S/C25H32N4OS.ClH/c1-19-5-8-21(9-6-19)27-25(30)26-11-3-4-12-28-13-15-29(16-14-28)23-18-31-24-17-20(2)7-10-22(23)24;/h5-10,17-18H,3-4,11-16H2,1-2H3,(H2,26,27,30);1H. The van der Waals surface area contributed by atoms with Gasteiger partial charge in [0.15, 0.2) is 0 Å². The lowest BCUT2D eigenvalue weighted by Gasteiger charge is -2.35. The average molecular weight is 473 g/mol. The van der Waals surface area contributed by atoms with Gasteiger partial charge >= 0.3 is 6.03 Å². The topological polar surface area (TPSA) is 47.6 Å². The summed E-state index contributed by atoms with van der Waals surface area (Å²) in [6.07, 6.45) is 2.10. The molecule has 0 bridgehead atoms. The van der Waals surface area contributed by atoms with Crippen molar-refractivity contribution in [3.8, 4) is 0 Å². The maximum atomic E-state index is 12.0. The summed E-state index contributed by atoms with van der Waals surface area (Å²) in [5, 5.41) is 9.53. The first-order valence-electron chi connectivity index (χ1n) is 11.2. The molecule has 2 N–H and O–H groups in total. The van der Waals surface area contributed by atoms with Crippen LogP contribution in [0.4, 0.5) is 16.2 Å². The highest BCUT2D eigenvalue weighted by molar-refractivity contribution is 7.17. The van der Waals surface area contributed by atoms with Gasteiger partial charge in [0.25, 0.3) is 0 Å². The maximum absolute atomic E-state index is 12.0. The molecule has 0 radical (unpaired) electrons. The molecule has 1 aromatic heterocycles. The molecule has 0 unspecified atom stereocenters. The molecule has 1 aliphatic heterocycles. The molecular formula is C25H33ClN4OS. The number of thiophene rings is 1. The molecule has 5 nitrogen and oxygen atoms in total. The highest BCUT2D eigenvalue weighted by atomic mass is 35.5. The molecule has 0 spiro atoms. The van der Waals surface area contributed by atoms with Crippen molar-refractivity contribution in [1.29, 1.82) is 0 Å². The van der Waals surface area contributed by atoms with Crippen LogP contribution < -0.4 is 15.5 Å². The van der Waals surface area contributed by atoms with E-state index in [1.165, 1.54) is 26.9 Å². The first-order chi connectivity index (χ1) is 15.1. The van der Waals surface area contributed by atoms with Crippen molar-refractivity contribution in [3.05, 3.63) is 59.0 Å². The van der Waals surface area contributed by atoms with Gasteiger partial charge < -0.3 is 15.5 Å². The lowest BCUT2D eigenvalue weighted by atomic mass is 10.1. The first kappa shape index (κ1) is 24.4. The van der Waals surface area contributed by atoms with Gasteiger partial charge in [-0.25, -0.2) is 4.79 Å². The van der Waals surface area contributed by atoms with Crippen molar-refractivity contribution in [2.24, 2.45) is 0 Å². The molecule has 4 rings (SSSR count). The number of unbranched alkanes of at least 4 members (excludes halogenated alkanes) is 1. The number of rotatable bonds is 7. The lowest BCUT2D eigenvalue weighted by Crippen LogP contribution is -2.46. The molecule has 1 aliphatic rings. The lowest BCUT2D eigenvalue weighted by molar-refractivity contribution is 0.247. The molecule has 2 aromatic carbocycles. The highest BCUT2D eigenvalue weighted by Crippen LogP contribution is 2.34. The Balaban J connectivity index is 0.00000289. The number of fused-ring (bicyclic) bond motifs is 1. The largest absolute Gasteiger partial charge is 0.368 e. The van der Waals surface area contributed by atoms with E-state index < -0.39 is 0 Å². The number of nitrogens with one attached hydrogen (secondary N) is 2. The van der Waals surface area contributed by atoms with E-state index in [2.05, 4.69) is 50.9 Å². The van der Waals surface area contributed by atoms with E-state index in [-0.39, 0.29) is 18.4 Å². The summed E-state index contributed by atoms with van der Waals surface area (Å²) in [6.45, 7) is 10.4. The van der Waals surface area contributed by atoms with E-state index in [1.54, 1.807) is 0 Å². The second-order valence-electron chi connectivity index (χ2n) is 8.40. The number of hydrogen-bond donors (Lipinski definition) is 2. The summed E-state index contributed by atoms with van der Waals surface area (Å²) in [7, 11) is 0. The third-order valence-corrected chi connectivity index (χ3v) is 6.85. The number of amides is 2. The molecule has 2 heterocycles. The summed E-state index contributed by atoms with van der Waals surface area (Å²) in [5.74, 6) is 0. The fraction of sp³-hybridized carbons (Fsp3) is 0.400. The molecule has 172 valence electrons. The van der Waals surface area contributed by atoms with Crippen LogP contribution in [0.1, 0.15) is 24.0 Å². The molecule has 3 aromatic rings. The predicted molar refractivity (Wildman–Crippen MR) is 140 cm³/mol. The van der Waals surface area contributed by atoms with Crippen LogP contribution in [0.3, 0.4) is 0 Å². The van der Waals surface area contributed by atoms with Gasteiger partial charge in [-0.05, 0) is 57.0 Å². The number of halogens is 1. The van der Waals surface area contributed by atoms with Gasteiger partial charge in [0.05, 0.1) is 5.69 Å². The third kappa shape index (κ3) is 6.37. The quantitative estimate of drug-likeness (QED) is 0.436. The zero-order valence-corrected chi connectivity index (χ0v) is 20.5.